The van der Waals surface area contributed by atoms with Crippen molar-refractivity contribution in [3.63, 3.8) is 0 Å². The number of methoxy groups -OCH3 is 1. The Morgan fingerprint density at radius 2 is 1.81 bits per heavy atom. The summed E-state index contributed by atoms with van der Waals surface area (Å²) in [6.45, 7) is 4.37. The molecule has 1 unspecified atom stereocenters. The highest BCUT2D eigenvalue weighted by Gasteiger charge is 2.49. The van der Waals surface area contributed by atoms with Gasteiger partial charge in [0.2, 0.25) is 11.5 Å². The van der Waals surface area contributed by atoms with E-state index in [2.05, 4.69) is 15.2 Å². The molecular formula is C23H23N4O5+. The summed E-state index contributed by atoms with van der Waals surface area (Å²) >= 11 is 0. The van der Waals surface area contributed by atoms with Crippen LogP contribution in [0.2, 0.25) is 0 Å². The van der Waals surface area contributed by atoms with E-state index in [1.807, 2.05) is 44.2 Å². The van der Waals surface area contributed by atoms with Crippen LogP contribution in [-0.2, 0) is 11.4 Å². The molecule has 1 atom stereocenters. The molecule has 1 aliphatic heterocycles. The van der Waals surface area contributed by atoms with Crippen molar-refractivity contribution in [2.45, 2.75) is 20.4 Å². The summed E-state index contributed by atoms with van der Waals surface area (Å²) in [5.74, 6) is -0.443. The van der Waals surface area contributed by atoms with E-state index in [0.717, 1.165) is 11.1 Å². The van der Waals surface area contributed by atoms with Gasteiger partial charge in [0.15, 0.2) is 0 Å². The molecule has 0 fully saturated rings. The van der Waals surface area contributed by atoms with Crippen LogP contribution >= 0.6 is 0 Å². The Morgan fingerprint density at radius 3 is 2.47 bits per heavy atom. The van der Waals surface area contributed by atoms with E-state index in [4.69, 9.17) is 9.57 Å². The molecule has 2 heterocycles. The van der Waals surface area contributed by atoms with Crippen molar-refractivity contribution in [1.29, 1.82) is 0 Å². The van der Waals surface area contributed by atoms with Gasteiger partial charge in [-0.15, -0.1) is 10.2 Å². The van der Waals surface area contributed by atoms with Crippen molar-refractivity contribution in [1.82, 2.24) is 14.8 Å². The van der Waals surface area contributed by atoms with E-state index in [-0.39, 0.29) is 22.0 Å². The number of carboxylic acid groups (broad SMARTS) is 1. The molecule has 4 rings (SSSR count). The first-order valence-corrected chi connectivity index (χ1v) is 10.1. The predicted octanol–water partition coefficient (Wildman–Crippen LogP) is 4.08. The molecule has 1 aromatic heterocycles. The summed E-state index contributed by atoms with van der Waals surface area (Å²) in [5, 5.41) is 27.7. The van der Waals surface area contributed by atoms with E-state index in [1.165, 1.54) is 7.11 Å². The lowest BCUT2D eigenvalue weighted by atomic mass is 9.98. The molecule has 0 amide bonds. The van der Waals surface area contributed by atoms with Crippen molar-refractivity contribution in [3.8, 4) is 22.9 Å². The van der Waals surface area contributed by atoms with Gasteiger partial charge in [0.25, 0.3) is 17.4 Å². The minimum Gasteiger partial charge on any atom is -0.488 e. The zero-order valence-electron chi connectivity index (χ0n) is 17.9. The molecule has 3 aromatic rings. The molecule has 0 bridgehead atoms. The van der Waals surface area contributed by atoms with Gasteiger partial charge in [-0.25, -0.2) is 4.79 Å². The molecule has 0 spiro atoms. The fourth-order valence-electron chi connectivity index (χ4n) is 3.96. The summed E-state index contributed by atoms with van der Waals surface area (Å²) < 4.78 is 5.10. The minimum absolute atomic E-state index is 0.172. The first kappa shape index (κ1) is 21.4. The second-order valence-electron chi connectivity index (χ2n) is 7.25. The van der Waals surface area contributed by atoms with Crippen LogP contribution in [0.1, 0.15) is 29.8 Å². The Bertz CT molecular complexity index is 1210. The molecule has 1 aliphatic rings. The Hall–Kier alpha value is -3.82. The van der Waals surface area contributed by atoms with Crippen molar-refractivity contribution in [2.75, 3.05) is 13.7 Å². The van der Waals surface area contributed by atoms with Gasteiger partial charge in [-0.3, -0.25) is 0 Å². The minimum atomic E-state index is -0.975. The van der Waals surface area contributed by atoms with Crippen LogP contribution in [0.3, 0.4) is 0 Å². The van der Waals surface area contributed by atoms with E-state index >= 15 is 0 Å². The van der Waals surface area contributed by atoms with Crippen LogP contribution < -0.4 is 9.38 Å². The van der Waals surface area contributed by atoms with Crippen molar-refractivity contribution >= 4 is 23.2 Å². The second-order valence-corrected chi connectivity index (χ2v) is 7.25. The molecule has 0 saturated heterocycles. The van der Waals surface area contributed by atoms with Gasteiger partial charge >= 0.3 is 5.97 Å². The van der Waals surface area contributed by atoms with Gasteiger partial charge in [0.05, 0.1) is 12.7 Å². The molecule has 2 aromatic carbocycles. The first-order chi connectivity index (χ1) is 15.4. The maximum atomic E-state index is 11.6. The van der Waals surface area contributed by atoms with Crippen LogP contribution in [0.5, 0.6) is 11.8 Å². The lowest BCUT2D eigenvalue weighted by molar-refractivity contribution is -0.0905. The summed E-state index contributed by atoms with van der Waals surface area (Å²) in [6, 6.07) is 14.4. The highest BCUT2D eigenvalue weighted by atomic mass is 16.7. The Labute approximate surface area is 184 Å². The maximum absolute atomic E-state index is 11.6. The number of benzene rings is 2. The quantitative estimate of drug-likeness (QED) is 0.538. The van der Waals surface area contributed by atoms with Crippen molar-refractivity contribution in [3.05, 3.63) is 59.7 Å². The molecule has 164 valence electrons. The molecule has 0 saturated carbocycles. The monoisotopic (exact) mass is 435 g/mol. The van der Waals surface area contributed by atoms with Gasteiger partial charge in [-0.2, -0.15) is 9.83 Å². The largest absolute Gasteiger partial charge is 0.488 e. The fourth-order valence-corrected chi connectivity index (χ4v) is 3.96. The molecular weight excluding hydrogens is 412 g/mol. The topological polar surface area (TPSA) is 114 Å². The average molecular weight is 435 g/mol. The van der Waals surface area contributed by atoms with Gasteiger partial charge < -0.3 is 14.9 Å². The fraction of sp³-hybridized carbons (Fsp3) is 0.217. The third-order valence-corrected chi connectivity index (χ3v) is 5.40. The lowest BCUT2D eigenvalue weighted by Gasteiger charge is -2.30. The number of aromatic hydroxyl groups is 1. The van der Waals surface area contributed by atoms with Crippen LogP contribution in [0, 0.1) is 0 Å². The Morgan fingerprint density at radius 1 is 1.09 bits per heavy atom. The second kappa shape index (κ2) is 8.37. The summed E-state index contributed by atoms with van der Waals surface area (Å²) in [7, 11) is 1.47. The molecule has 0 aliphatic carbocycles. The van der Waals surface area contributed by atoms with E-state index in [0.29, 0.717) is 35.9 Å². The van der Waals surface area contributed by atoms with Crippen LogP contribution in [0.25, 0.3) is 11.1 Å². The SMILES string of the molecule is CCO[N+]1(Cc2ccc(-c3ccccc3C(=O)O)cc2)C(C)=Nc2c(OC)nnc(O)c21. The average Bonchev–Trinajstić information content (AvgIpc) is 3.07. The van der Waals surface area contributed by atoms with Crippen LogP contribution in [0.15, 0.2) is 53.5 Å². The number of hydrogen-bond acceptors (Lipinski definition) is 7. The summed E-state index contributed by atoms with van der Waals surface area (Å²) in [6.07, 6.45) is 0. The number of fused-ring (bicyclic) bond motifs is 1. The molecule has 0 radical (unpaired) electrons. The van der Waals surface area contributed by atoms with Crippen molar-refractivity contribution < 1.29 is 24.6 Å². The van der Waals surface area contributed by atoms with Gasteiger partial charge in [-0.1, -0.05) is 47.1 Å². The number of aromatic carboxylic acids is 1. The van der Waals surface area contributed by atoms with Crippen molar-refractivity contribution in [2.24, 2.45) is 4.99 Å². The highest BCUT2D eigenvalue weighted by molar-refractivity contribution is 6.02. The zero-order chi connectivity index (χ0) is 22.9. The smallest absolute Gasteiger partial charge is 0.336 e. The number of aliphatic imine (C=N–C) groups is 1. The van der Waals surface area contributed by atoms with Gasteiger partial charge in [0, 0.05) is 12.5 Å². The number of hydroxylamine groups is 2. The van der Waals surface area contributed by atoms with Gasteiger partial charge in [0.1, 0.15) is 13.2 Å². The number of nitrogens with zero attached hydrogens (tertiary/aromatic N) is 4. The van der Waals surface area contributed by atoms with Crippen LogP contribution in [0.4, 0.5) is 11.4 Å². The lowest BCUT2D eigenvalue weighted by Crippen LogP contribution is -2.50. The number of amidine groups is 1. The van der Waals surface area contributed by atoms with Crippen LogP contribution in [-0.4, -0.2) is 45.9 Å². The summed E-state index contributed by atoms with van der Waals surface area (Å²) in [5.41, 5.74) is 3.33. The third kappa shape index (κ3) is 3.47. The van der Waals surface area contributed by atoms with Gasteiger partial charge in [-0.05, 0) is 24.1 Å². The Balaban J connectivity index is 1.74. The Kier molecular flexibility index (Phi) is 5.60. The highest BCUT2D eigenvalue weighted by Crippen LogP contribution is 2.50. The van der Waals surface area contributed by atoms with E-state index in [9.17, 15) is 15.0 Å². The number of hydrogen-bond donors (Lipinski definition) is 2. The number of ether oxygens (including phenoxy) is 1. The first-order valence-electron chi connectivity index (χ1n) is 10.1. The number of carboxylic acids is 1. The number of aromatic nitrogens is 2. The predicted molar refractivity (Wildman–Crippen MR) is 119 cm³/mol. The van der Waals surface area contributed by atoms with E-state index in [1.54, 1.807) is 18.2 Å². The standard InChI is InChI=1S/C23H22N4O5/c1-4-32-27(14(2)24-19-20(27)21(28)25-26-22(19)31-3)13-15-9-11-16(12-10-15)17-7-5-6-8-18(17)23(29)30/h5-12H,4,13H2,1-3H3,(H-,25,28,29,30)/p+1. The maximum Gasteiger partial charge on any atom is 0.336 e. The van der Waals surface area contributed by atoms with E-state index < -0.39 is 5.97 Å². The third-order valence-electron chi connectivity index (χ3n) is 5.40. The number of quaternary nitrogens is 1. The number of carbonyl (C=O) groups is 1. The number of rotatable bonds is 7. The zero-order valence-corrected chi connectivity index (χ0v) is 17.9. The molecule has 32 heavy (non-hydrogen) atoms. The normalized spacial score (nSPS) is 17.0. The molecule has 2 N–H and O–H groups in total. The molecule has 9 nitrogen and oxygen atoms in total. The molecule has 9 heteroatoms. The summed E-state index contributed by atoms with van der Waals surface area (Å²) in [4.78, 5) is 22.3.